The molecule has 0 radical (unpaired) electrons. The monoisotopic (exact) mass is 429 g/mol. The summed E-state index contributed by atoms with van der Waals surface area (Å²) in [4.78, 5) is 12.1. The van der Waals surface area contributed by atoms with Crippen LogP contribution in [0.25, 0.3) is 0 Å². The van der Waals surface area contributed by atoms with Gasteiger partial charge in [0.15, 0.2) is 0 Å². The van der Waals surface area contributed by atoms with Gasteiger partial charge >= 0.3 is 0 Å². The third kappa shape index (κ3) is 5.45. The fourth-order valence-electron chi connectivity index (χ4n) is 2.59. The maximum Gasteiger partial charge on any atom is 0.244 e. The van der Waals surface area contributed by atoms with Crippen LogP contribution < -0.4 is 11.1 Å². The summed E-state index contributed by atoms with van der Waals surface area (Å²) in [5.74, 6) is -0.286. The van der Waals surface area contributed by atoms with E-state index in [0.717, 1.165) is 0 Å². The summed E-state index contributed by atoms with van der Waals surface area (Å²) < 4.78 is 26.8. The molecule has 25 heavy (non-hydrogen) atoms. The standard InChI is InChI=1S/C15H21Cl2N3O3S.ClH/c1-10(9-18)19-15(21)11-4-6-20(7-5-11)24(22,23)14-8-12(16)2-3-13(14)17;/h2-3,8,10-11H,4-7,9,18H2,1H3,(H,19,21);1H/t10-;/m0./s1. The van der Waals surface area contributed by atoms with Gasteiger partial charge in [-0.3, -0.25) is 4.79 Å². The molecule has 1 aliphatic heterocycles. The summed E-state index contributed by atoms with van der Waals surface area (Å²) in [5, 5.41) is 3.27. The van der Waals surface area contributed by atoms with Crippen LogP contribution in [0.3, 0.4) is 0 Å². The van der Waals surface area contributed by atoms with Crippen molar-refractivity contribution in [1.82, 2.24) is 9.62 Å². The maximum absolute atomic E-state index is 12.7. The highest BCUT2D eigenvalue weighted by Gasteiger charge is 2.33. The van der Waals surface area contributed by atoms with Gasteiger partial charge in [0.25, 0.3) is 0 Å². The van der Waals surface area contributed by atoms with Crippen molar-refractivity contribution in [1.29, 1.82) is 0 Å². The number of nitrogens with one attached hydrogen (secondary N) is 1. The molecule has 1 amide bonds. The number of halogens is 3. The number of benzene rings is 1. The van der Waals surface area contributed by atoms with E-state index in [4.69, 9.17) is 28.9 Å². The average Bonchev–Trinajstić information content (AvgIpc) is 2.56. The molecule has 0 spiro atoms. The van der Waals surface area contributed by atoms with Crippen LogP contribution in [0.4, 0.5) is 0 Å². The first-order chi connectivity index (χ1) is 11.3. The van der Waals surface area contributed by atoms with Gasteiger partial charge in [-0.05, 0) is 38.0 Å². The van der Waals surface area contributed by atoms with Crippen LogP contribution in [0, 0.1) is 5.92 Å². The van der Waals surface area contributed by atoms with E-state index in [1.807, 2.05) is 6.92 Å². The van der Waals surface area contributed by atoms with E-state index in [1.165, 1.54) is 22.5 Å². The fourth-order valence-corrected chi connectivity index (χ4v) is 4.80. The number of carbonyl (C=O) groups excluding carboxylic acids is 1. The zero-order valence-electron chi connectivity index (χ0n) is 13.7. The lowest BCUT2D eigenvalue weighted by Crippen LogP contribution is -2.46. The van der Waals surface area contributed by atoms with Crippen molar-refractivity contribution in [3.8, 4) is 0 Å². The Morgan fingerprint density at radius 1 is 1.36 bits per heavy atom. The highest BCUT2D eigenvalue weighted by Crippen LogP contribution is 2.30. The number of nitrogens with two attached hydrogens (primary N) is 1. The molecule has 0 aromatic heterocycles. The van der Waals surface area contributed by atoms with Crippen LogP contribution in [0.1, 0.15) is 19.8 Å². The number of hydrogen-bond acceptors (Lipinski definition) is 4. The quantitative estimate of drug-likeness (QED) is 0.749. The molecule has 1 aliphatic rings. The number of sulfonamides is 1. The van der Waals surface area contributed by atoms with Crippen molar-refractivity contribution in [2.75, 3.05) is 19.6 Å². The molecular weight excluding hydrogens is 409 g/mol. The minimum Gasteiger partial charge on any atom is -0.352 e. The van der Waals surface area contributed by atoms with Crippen LogP contribution in [-0.4, -0.2) is 44.3 Å². The Balaban J connectivity index is 0.00000312. The van der Waals surface area contributed by atoms with E-state index in [9.17, 15) is 13.2 Å². The molecule has 6 nitrogen and oxygen atoms in total. The molecule has 10 heteroatoms. The Hall–Kier alpha value is -0.570. The van der Waals surface area contributed by atoms with Crippen molar-refractivity contribution < 1.29 is 13.2 Å². The van der Waals surface area contributed by atoms with Crippen LogP contribution in [0.5, 0.6) is 0 Å². The van der Waals surface area contributed by atoms with Gasteiger partial charge in [-0.2, -0.15) is 4.31 Å². The number of rotatable bonds is 5. The van der Waals surface area contributed by atoms with Gasteiger partial charge in [0.05, 0.1) is 5.02 Å². The predicted molar refractivity (Wildman–Crippen MR) is 102 cm³/mol. The summed E-state index contributed by atoms with van der Waals surface area (Å²) >= 11 is 11.9. The number of piperidine rings is 1. The van der Waals surface area contributed by atoms with E-state index >= 15 is 0 Å². The van der Waals surface area contributed by atoms with E-state index in [-0.39, 0.29) is 53.3 Å². The van der Waals surface area contributed by atoms with Crippen molar-refractivity contribution in [3.63, 3.8) is 0 Å². The molecule has 142 valence electrons. The SMILES string of the molecule is C[C@@H](CN)NC(=O)C1CCN(S(=O)(=O)c2cc(Cl)ccc2Cl)CC1.Cl. The highest BCUT2D eigenvalue weighted by atomic mass is 35.5. The summed E-state index contributed by atoms with van der Waals surface area (Å²) in [7, 11) is -3.73. The molecule has 1 fully saturated rings. The molecule has 1 atom stereocenters. The Kier molecular flexibility index (Phi) is 8.44. The second-order valence-corrected chi connectivity index (χ2v) is 8.65. The number of hydrogen-bond donors (Lipinski definition) is 2. The second-order valence-electron chi connectivity index (χ2n) is 5.90. The highest BCUT2D eigenvalue weighted by molar-refractivity contribution is 7.89. The van der Waals surface area contributed by atoms with E-state index in [0.29, 0.717) is 24.4 Å². The third-order valence-electron chi connectivity index (χ3n) is 4.08. The largest absolute Gasteiger partial charge is 0.352 e. The number of amides is 1. The second kappa shape index (κ2) is 9.39. The van der Waals surface area contributed by atoms with Gasteiger partial charge in [-0.25, -0.2) is 8.42 Å². The molecule has 1 heterocycles. The number of nitrogens with zero attached hydrogens (tertiary/aromatic N) is 1. The smallest absolute Gasteiger partial charge is 0.244 e. The van der Waals surface area contributed by atoms with Crippen LogP contribution in [0.2, 0.25) is 10.0 Å². The summed E-state index contributed by atoms with van der Waals surface area (Å²) in [6.07, 6.45) is 0.918. The zero-order valence-corrected chi connectivity index (χ0v) is 16.9. The lowest BCUT2D eigenvalue weighted by atomic mass is 9.97. The lowest BCUT2D eigenvalue weighted by Gasteiger charge is -2.31. The summed E-state index contributed by atoms with van der Waals surface area (Å²) in [5.41, 5.74) is 5.49. The Morgan fingerprint density at radius 2 is 1.96 bits per heavy atom. The Morgan fingerprint density at radius 3 is 2.52 bits per heavy atom. The predicted octanol–water partition coefficient (Wildman–Crippen LogP) is 2.28. The van der Waals surface area contributed by atoms with Crippen LogP contribution >= 0.6 is 35.6 Å². The first-order valence-corrected chi connectivity index (χ1v) is 9.91. The third-order valence-corrected chi connectivity index (χ3v) is 6.69. The van der Waals surface area contributed by atoms with Gasteiger partial charge in [0.1, 0.15) is 4.90 Å². The first kappa shape index (κ1) is 22.5. The minimum absolute atomic E-state index is 0. The van der Waals surface area contributed by atoms with Gasteiger partial charge in [0, 0.05) is 36.6 Å². The van der Waals surface area contributed by atoms with Crippen molar-refractivity contribution >= 4 is 51.5 Å². The molecule has 3 N–H and O–H groups in total. The zero-order chi connectivity index (χ0) is 17.9. The van der Waals surface area contributed by atoms with Crippen LogP contribution in [0.15, 0.2) is 23.1 Å². The topological polar surface area (TPSA) is 92.5 Å². The summed E-state index contributed by atoms with van der Waals surface area (Å²) in [6, 6.07) is 4.26. The Labute approximate surface area is 164 Å². The van der Waals surface area contributed by atoms with Crippen molar-refractivity contribution in [2.24, 2.45) is 11.7 Å². The maximum atomic E-state index is 12.7. The fraction of sp³-hybridized carbons (Fsp3) is 0.533. The van der Waals surface area contributed by atoms with E-state index in [1.54, 1.807) is 0 Å². The van der Waals surface area contributed by atoms with E-state index in [2.05, 4.69) is 5.32 Å². The van der Waals surface area contributed by atoms with Gasteiger partial charge in [-0.1, -0.05) is 23.2 Å². The molecule has 0 aliphatic carbocycles. The lowest BCUT2D eigenvalue weighted by molar-refractivity contribution is -0.126. The first-order valence-electron chi connectivity index (χ1n) is 7.71. The molecule has 2 rings (SSSR count). The molecule has 0 saturated carbocycles. The van der Waals surface area contributed by atoms with Crippen LogP contribution in [-0.2, 0) is 14.8 Å². The minimum atomic E-state index is -3.73. The normalized spacial score (nSPS) is 17.6. The Bertz CT molecular complexity index is 707. The molecule has 0 bridgehead atoms. The van der Waals surface area contributed by atoms with Gasteiger partial charge in [-0.15, -0.1) is 12.4 Å². The van der Waals surface area contributed by atoms with Gasteiger partial charge in [0.2, 0.25) is 15.9 Å². The van der Waals surface area contributed by atoms with Gasteiger partial charge < -0.3 is 11.1 Å². The molecular formula is C15H22Cl3N3O3S. The van der Waals surface area contributed by atoms with Crippen molar-refractivity contribution in [3.05, 3.63) is 28.2 Å². The molecule has 1 aromatic carbocycles. The van der Waals surface area contributed by atoms with E-state index < -0.39 is 10.0 Å². The average molecular weight is 431 g/mol. The van der Waals surface area contributed by atoms with Crippen molar-refractivity contribution in [2.45, 2.75) is 30.7 Å². The molecule has 1 aromatic rings. The molecule has 0 unspecified atom stereocenters. The molecule has 1 saturated heterocycles. The summed E-state index contributed by atoms with van der Waals surface area (Å²) in [6.45, 7) is 2.73. The number of carbonyl (C=O) groups is 1.